The molecule has 28 heavy (non-hydrogen) atoms. The van der Waals surface area contributed by atoms with Crippen molar-refractivity contribution < 1.29 is 19.1 Å². The van der Waals surface area contributed by atoms with E-state index in [1.807, 2.05) is 30.3 Å². The molecule has 0 heterocycles. The van der Waals surface area contributed by atoms with Gasteiger partial charge in [0.2, 0.25) is 5.91 Å². The minimum atomic E-state index is -0.535. The van der Waals surface area contributed by atoms with Crippen molar-refractivity contribution in [1.82, 2.24) is 10.6 Å². The van der Waals surface area contributed by atoms with E-state index in [4.69, 9.17) is 16.3 Å². The van der Waals surface area contributed by atoms with E-state index in [-0.39, 0.29) is 37.2 Å². The van der Waals surface area contributed by atoms with E-state index in [2.05, 4.69) is 10.6 Å². The van der Waals surface area contributed by atoms with E-state index in [0.29, 0.717) is 17.2 Å². The van der Waals surface area contributed by atoms with Gasteiger partial charge in [-0.15, -0.1) is 0 Å². The van der Waals surface area contributed by atoms with Gasteiger partial charge in [0.05, 0.1) is 36.1 Å². The summed E-state index contributed by atoms with van der Waals surface area (Å²) in [6, 6.07) is 15.4. The third kappa shape index (κ3) is 6.70. The number of ether oxygens (including phenoxy) is 1. The zero-order valence-electron chi connectivity index (χ0n) is 15.6. The molecule has 2 rings (SSSR count). The lowest BCUT2D eigenvalue weighted by Crippen LogP contribution is -2.34. The van der Waals surface area contributed by atoms with Crippen molar-refractivity contribution in [1.29, 1.82) is 0 Å². The molecule has 0 aromatic heterocycles. The van der Waals surface area contributed by atoms with Crippen molar-refractivity contribution >= 4 is 29.4 Å². The summed E-state index contributed by atoms with van der Waals surface area (Å²) in [7, 11) is 0. The molecule has 0 aliphatic carbocycles. The fourth-order valence-corrected chi connectivity index (χ4v) is 2.84. The smallest absolute Gasteiger partial charge is 0.307 e. The number of esters is 1. The van der Waals surface area contributed by atoms with Crippen LogP contribution in [0.2, 0.25) is 5.02 Å². The van der Waals surface area contributed by atoms with Crippen molar-refractivity contribution in [2.24, 2.45) is 0 Å². The highest BCUT2D eigenvalue weighted by molar-refractivity contribution is 6.33. The summed E-state index contributed by atoms with van der Waals surface area (Å²) < 4.78 is 4.83. The van der Waals surface area contributed by atoms with E-state index in [1.165, 1.54) is 0 Å². The monoisotopic (exact) mass is 402 g/mol. The Morgan fingerprint density at radius 2 is 1.71 bits per heavy atom. The lowest BCUT2D eigenvalue weighted by molar-refractivity contribution is -0.143. The van der Waals surface area contributed by atoms with Gasteiger partial charge in [0.25, 0.3) is 5.91 Å². The van der Waals surface area contributed by atoms with Crippen LogP contribution < -0.4 is 10.6 Å². The Morgan fingerprint density at radius 1 is 1.04 bits per heavy atom. The van der Waals surface area contributed by atoms with Gasteiger partial charge < -0.3 is 15.4 Å². The third-order valence-corrected chi connectivity index (χ3v) is 4.30. The largest absolute Gasteiger partial charge is 0.466 e. The molecule has 1 atom stereocenters. The number of benzene rings is 2. The van der Waals surface area contributed by atoms with Gasteiger partial charge in [-0.25, -0.2) is 0 Å². The predicted molar refractivity (Wildman–Crippen MR) is 107 cm³/mol. The van der Waals surface area contributed by atoms with Gasteiger partial charge in [-0.05, 0) is 24.6 Å². The fourth-order valence-electron chi connectivity index (χ4n) is 2.61. The number of carbonyl (C=O) groups excluding carboxylic acids is 3. The molecule has 0 aliphatic rings. The van der Waals surface area contributed by atoms with Gasteiger partial charge >= 0.3 is 5.97 Å². The summed E-state index contributed by atoms with van der Waals surface area (Å²) in [5.41, 5.74) is 1.14. The topological polar surface area (TPSA) is 84.5 Å². The molecular formula is C21H23ClN2O4. The van der Waals surface area contributed by atoms with Gasteiger partial charge in [0, 0.05) is 6.54 Å². The van der Waals surface area contributed by atoms with E-state index in [0.717, 1.165) is 5.56 Å². The SMILES string of the molecule is CCOC(=O)CCNC(=O)CC(NC(=O)c1ccccc1Cl)c1ccccc1. The molecule has 0 bridgehead atoms. The second kappa shape index (κ2) is 11.1. The molecule has 7 heteroatoms. The first kappa shape index (κ1) is 21.4. The molecule has 6 nitrogen and oxygen atoms in total. The Bertz CT molecular complexity index is 811. The molecule has 0 saturated carbocycles. The van der Waals surface area contributed by atoms with Crippen LogP contribution in [0.15, 0.2) is 54.6 Å². The highest BCUT2D eigenvalue weighted by Gasteiger charge is 2.20. The summed E-state index contributed by atoms with van der Waals surface area (Å²) in [5.74, 6) is -1.01. The van der Waals surface area contributed by atoms with Gasteiger partial charge in [-0.3, -0.25) is 14.4 Å². The first-order chi connectivity index (χ1) is 13.5. The molecule has 2 N–H and O–H groups in total. The number of halogens is 1. The van der Waals surface area contributed by atoms with Gasteiger partial charge in [0.15, 0.2) is 0 Å². The number of hydrogen-bond donors (Lipinski definition) is 2. The third-order valence-electron chi connectivity index (χ3n) is 3.97. The Balaban J connectivity index is 2.02. The number of nitrogens with one attached hydrogen (secondary N) is 2. The summed E-state index contributed by atoms with van der Waals surface area (Å²) in [6.07, 6.45) is 0.130. The van der Waals surface area contributed by atoms with E-state index in [1.54, 1.807) is 31.2 Å². The molecule has 148 valence electrons. The number of hydrogen-bond acceptors (Lipinski definition) is 4. The van der Waals surface area contributed by atoms with Crippen LogP contribution in [0.25, 0.3) is 0 Å². The first-order valence-corrected chi connectivity index (χ1v) is 9.41. The van der Waals surface area contributed by atoms with Crippen molar-refractivity contribution in [2.75, 3.05) is 13.2 Å². The first-order valence-electron chi connectivity index (χ1n) is 9.04. The highest BCUT2D eigenvalue weighted by atomic mass is 35.5. The summed E-state index contributed by atoms with van der Waals surface area (Å²) in [4.78, 5) is 36.3. The van der Waals surface area contributed by atoms with Crippen LogP contribution in [-0.4, -0.2) is 30.9 Å². The molecule has 0 spiro atoms. The van der Waals surface area contributed by atoms with Crippen LogP contribution in [0.4, 0.5) is 0 Å². The van der Waals surface area contributed by atoms with E-state index in [9.17, 15) is 14.4 Å². The fraction of sp³-hybridized carbons (Fsp3) is 0.286. The van der Waals surface area contributed by atoms with Crippen LogP contribution in [0, 0.1) is 0 Å². The average Bonchev–Trinajstić information content (AvgIpc) is 2.68. The second-order valence-electron chi connectivity index (χ2n) is 6.03. The predicted octanol–water partition coefficient (Wildman–Crippen LogP) is 3.27. The molecule has 0 radical (unpaired) electrons. The van der Waals surface area contributed by atoms with Crippen LogP contribution >= 0.6 is 11.6 Å². The van der Waals surface area contributed by atoms with Gasteiger partial charge in [0.1, 0.15) is 0 Å². The summed E-state index contributed by atoms with van der Waals surface area (Å²) in [6.45, 7) is 2.21. The number of rotatable bonds is 9. The van der Waals surface area contributed by atoms with E-state index < -0.39 is 6.04 Å². The minimum Gasteiger partial charge on any atom is -0.466 e. The van der Waals surface area contributed by atoms with Crippen LogP contribution in [0.3, 0.4) is 0 Å². The quantitative estimate of drug-likeness (QED) is 0.630. The summed E-state index contributed by atoms with van der Waals surface area (Å²) in [5, 5.41) is 5.88. The zero-order chi connectivity index (χ0) is 20.4. The van der Waals surface area contributed by atoms with E-state index >= 15 is 0 Å². The van der Waals surface area contributed by atoms with Crippen molar-refractivity contribution in [3.63, 3.8) is 0 Å². The van der Waals surface area contributed by atoms with Crippen LogP contribution in [-0.2, 0) is 14.3 Å². The molecule has 1 unspecified atom stereocenters. The Morgan fingerprint density at radius 3 is 2.39 bits per heavy atom. The van der Waals surface area contributed by atoms with Crippen LogP contribution in [0.5, 0.6) is 0 Å². The molecule has 2 aromatic carbocycles. The molecular weight excluding hydrogens is 380 g/mol. The molecule has 0 fully saturated rings. The average molecular weight is 403 g/mol. The lowest BCUT2D eigenvalue weighted by Gasteiger charge is -2.19. The lowest BCUT2D eigenvalue weighted by atomic mass is 10.0. The Kier molecular flexibility index (Phi) is 8.49. The van der Waals surface area contributed by atoms with Crippen molar-refractivity contribution in [3.05, 3.63) is 70.7 Å². The minimum absolute atomic E-state index is 0.0308. The van der Waals surface area contributed by atoms with Crippen LogP contribution in [0.1, 0.15) is 41.7 Å². The molecule has 0 aliphatic heterocycles. The van der Waals surface area contributed by atoms with Crippen molar-refractivity contribution in [3.8, 4) is 0 Å². The highest BCUT2D eigenvalue weighted by Crippen LogP contribution is 2.20. The molecule has 0 saturated heterocycles. The molecule has 2 amide bonds. The van der Waals surface area contributed by atoms with Gasteiger partial charge in [-0.2, -0.15) is 0 Å². The van der Waals surface area contributed by atoms with Gasteiger partial charge in [-0.1, -0.05) is 54.1 Å². The normalized spacial score (nSPS) is 11.4. The van der Waals surface area contributed by atoms with Crippen molar-refractivity contribution in [2.45, 2.75) is 25.8 Å². The number of carbonyl (C=O) groups is 3. The maximum absolute atomic E-state index is 12.6. The second-order valence-corrected chi connectivity index (χ2v) is 6.43. The zero-order valence-corrected chi connectivity index (χ0v) is 16.4. The maximum Gasteiger partial charge on any atom is 0.307 e. The standard InChI is InChI=1S/C21H23ClN2O4/c1-2-28-20(26)12-13-23-19(25)14-18(15-8-4-3-5-9-15)24-21(27)16-10-6-7-11-17(16)22/h3-11,18H,2,12-14H2,1H3,(H,23,25)(H,24,27). The Hall–Kier alpha value is -2.86. The summed E-state index contributed by atoms with van der Waals surface area (Å²) >= 11 is 6.09. The maximum atomic E-state index is 12.6. The molecule has 2 aromatic rings. The Labute approximate surface area is 169 Å². The number of amides is 2.